The Morgan fingerprint density at radius 3 is 2.10 bits per heavy atom. The molecule has 2 rings (SSSR count). The van der Waals surface area contributed by atoms with Crippen molar-refractivity contribution in [3.05, 3.63) is 64.2 Å². The fourth-order valence-electron chi connectivity index (χ4n) is 1.67. The highest BCUT2D eigenvalue weighted by atomic mass is 35.5. The standard InChI is InChI=1S/C15H10ClNO4/c16-12-3-1-2-4-13(12)17-8-9-5-10(14(18)19)7-11(6-9)15(20)21/h1-8H,(H,18,19)(H,20,21)/b17-8+. The Labute approximate surface area is 125 Å². The molecule has 2 aromatic carbocycles. The van der Waals surface area contributed by atoms with Crippen molar-refractivity contribution >= 4 is 35.4 Å². The first-order valence-electron chi connectivity index (χ1n) is 5.87. The summed E-state index contributed by atoms with van der Waals surface area (Å²) in [6.07, 6.45) is 1.38. The van der Waals surface area contributed by atoms with Crippen LogP contribution in [0.4, 0.5) is 5.69 Å². The molecule has 0 amide bonds. The summed E-state index contributed by atoms with van der Waals surface area (Å²) in [5.41, 5.74) is 0.648. The highest BCUT2D eigenvalue weighted by molar-refractivity contribution is 6.33. The number of aliphatic imine (C=N–C) groups is 1. The molecule has 0 aliphatic rings. The molecule has 0 aliphatic heterocycles. The van der Waals surface area contributed by atoms with E-state index in [1.54, 1.807) is 24.3 Å². The van der Waals surface area contributed by atoms with Gasteiger partial charge in [0.25, 0.3) is 0 Å². The summed E-state index contributed by atoms with van der Waals surface area (Å²) < 4.78 is 0. The van der Waals surface area contributed by atoms with Gasteiger partial charge in [-0.2, -0.15) is 0 Å². The van der Waals surface area contributed by atoms with Crippen LogP contribution in [-0.2, 0) is 0 Å². The summed E-state index contributed by atoms with van der Waals surface area (Å²) in [6.45, 7) is 0. The Morgan fingerprint density at radius 2 is 1.57 bits per heavy atom. The molecule has 21 heavy (non-hydrogen) atoms. The van der Waals surface area contributed by atoms with Gasteiger partial charge in [-0.15, -0.1) is 0 Å². The van der Waals surface area contributed by atoms with E-state index in [1.807, 2.05) is 0 Å². The average Bonchev–Trinajstić information content (AvgIpc) is 2.46. The Morgan fingerprint density at radius 1 is 1.00 bits per heavy atom. The average molecular weight is 304 g/mol. The highest BCUT2D eigenvalue weighted by Gasteiger charge is 2.10. The van der Waals surface area contributed by atoms with Gasteiger partial charge in [0.1, 0.15) is 0 Å². The first-order valence-corrected chi connectivity index (χ1v) is 6.25. The maximum absolute atomic E-state index is 11.0. The molecule has 2 N–H and O–H groups in total. The maximum atomic E-state index is 11.0. The summed E-state index contributed by atoms with van der Waals surface area (Å²) in [5.74, 6) is -2.41. The van der Waals surface area contributed by atoms with Crippen LogP contribution in [0.15, 0.2) is 47.5 Å². The van der Waals surface area contributed by atoms with Crippen LogP contribution in [0.5, 0.6) is 0 Å². The number of nitrogens with zero attached hydrogens (tertiary/aromatic N) is 1. The number of rotatable bonds is 4. The number of benzene rings is 2. The molecule has 0 heterocycles. The largest absolute Gasteiger partial charge is 0.478 e. The Bertz CT molecular complexity index is 708. The van der Waals surface area contributed by atoms with Crippen molar-refractivity contribution in [1.29, 1.82) is 0 Å². The predicted molar refractivity (Wildman–Crippen MR) is 79.1 cm³/mol. The smallest absolute Gasteiger partial charge is 0.335 e. The van der Waals surface area contributed by atoms with Gasteiger partial charge >= 0.3 is 11.9 Å². The van der Waals surface area contributed by atoms with E-state index < -0.39 is 11.9 Å². The van der Waals surface area contributed by atoms with Crippen LogP contribution in [0.25, 0.3) is 0 Å². The van der Waals surface area contributed by atoms with Crippen LogP contribution >= 0.6 is 11.6 Å². The molecule has 0 spiro atoms. The molecule has 0 aromatic heterocycles. The molecular weight excluding hydrogens is 294 g/mol. The zero-order valence-corrected chi connectivity index (χ0v) is 11.4. The third kappa shape index (κ3) is 3.67. The van der Waals surface area contributed by atoms with Crippen molar-refractivity contribution in [2.75, 3.05) is 0 Å². The molecule has 0 unspecified atom stereocenters. The number of aromatic carboxylic acids is 2. The monoisotopic (exact) mass is 303 g/mol. The van der Waals surface area contributed by atoms with E-state index in [0.717, 1.165) is 6.07 Å². The van der Waals surface area contributed by atoms with Gasteiger partial charge < -0.3 is 10.2 Å². The van der Waals surface area contributed by atoms with Gasteiger partial charge in [0.05, 0.1) is 21.8 Å². The lowest BCUT2D eigenvalue weighted by Crippen LogP contribution is -2.03. The van der Waals surface area contributed by atoms with E-state index in [9.17, 15) is 9.59 Å². The molecule has 5 nitrogen and oxygen atoms in total. The van der Waals surface area contributed by atoms with Crippen LogP contribution in [0.2, 0.25) is 5.02 Å². The quantitative estimate of drug-likeness (QED) is 0.846. The third-order valence-corrected chi connectivity index (χ3v) is 2.97. The topological polar surface area (TPSA) is 87.0 Å². The zero-order valence-electron chi connectivity index (χ0n) is 10.7. The fraction of sp³-hybridized carbons (Fsp3) is 0. The van der Waals surface area contributed by atoms with Gasteiger partial charge in [0, 0.05) is 6.21 Å². The number of para-hydroxylation sites is 1. The molecule has 2 aromatic rings. The lowest BCUT2D eigenvalue weighted by Gasteiger charge is -2.02. The van der Waals surface area contributed by atoms with Gasteiger partial charge in [0.15, 0.2) is 0 Å². The summed E-state index contributed by atoms with van der Waals surface area (Å²) in [6, 6.07) is 10.7. The molecule has 0 aliphatic carbocycles. The summed E-state index contributed by atoms with van der Waals surface area (Å²) in [7, 11) is 0. The Balaban J connectivity index is 2.42. The minimum absolute atomic E-state index is 0.115. The van der Waals surface area contributed by atoms with E-state index >= 15 is 0 Å². The minimum Gasteiger partial charge on any atom is -0.478 e. The number of carboxylic acids is 2. The van der Waals surface area contributed by atoms with Crippen LogP contribution in [0.3, 0.4) is 0 Å². The van der Waals surface area contributed by atoms with Crippen molar-refractivity contribution in [1.82, 2.24) is 0 Å². The van der Waals surface area contributed by atoms with Crippen molar-refractivity contribution in [3.8, 4) is 0 Å². The minimum atomic E-state index is -1.20. The molecule has 0 saturated carbocycles. The van der Waals surface area contributed by atoms with Gasteiger partial charge in [-0.3, -0.25) is 4.99 Å². The summed E-state index contributed by atoms with van der Waals surface area (Å²) >= 11 is 5.95. The number of carboxylic acid groups (broad SMARTS) is 2. The van der Waals surface area contributed by atoms with Gasteiger partial charge in [-0.1, -0.05) is 23.7 Å². The second-order valence-electron chi connectivity index (χ2n) is 4.16. The second-order valence-corrected chi connectivity index (χ2v) is 4.57. The molecule has 0 fully saturated rings. The SMILES string of the molecule is O=C(O)c1cc(/C=N/c2ccccc2Cl)cc(C(=O)O)c1. The first-order chi connectivity index (χ1) is 9.97. The van der Waals surface area contributed by atoms with E-state index in [-0.39, 0.29) is 11.1 Å². The highest BCUT2D eigenvalue weighted by Crippen LogP contribution is 2.23. The number of halogens is 1. The van der Waals surface area contributed by atoms with Gasteiger partial charge in [0.2, 0.25) is 0 Å². The lowest BCUT2D eigenvalue weighted by atomic mass is 10.1. The molecule has 6 heteroatoms. The molecule has 0 saturated heterocycles. The van der Waals surface area contributed by atoms with E-state index in [0.29, 0.717) is 16.3 Å². The number of carbonyl (C=O) groups is 2. The van der Waals surface area contributed by atoms with E-state index in [1.165, 1.54) is 18.3 Å². The number of hydrogen-bond acceptors (Lipinski definition) is 3. The molecule has 106 valence electrons. The Hall–Kier alpha value is -2.66. The molecule has 0 radical (unpaired) electrons. The summed E-state index contributed by atoms with van der Waals surface area (Å²) in [5, 5.41) is 18.4. The maximum Gasteiger partial charge on any atom is 0.335 e. The fourth-order valence-corrected chi connectivity index (χ4v) is 1.86. The zero-order chi connectivity index (χ0) is 15.4. The van der Waals surface area contributed by atoms with Gasteiger partial charge in [-0.05, 0) is 35.9 Å². The van der Waals surface area contributed by atoms with Crippen molar-refractivity contribution < 1.29 is 19.8 Å². The van der Waals surface area contributed by atoms with Crippen LogP contribution in [0.1, 0.15) is 26.3 Å². The normalized spacial score (nSPS) is 10.7. The van der Waals surface area contributed by atoms with Crippen molar-refractivity contribution in [2.45, 2.75) is 0 Å². The van der Waals surface area contributed by atoms with Crippen LogP contribution in [-0.4, -0.2) is 28.4 Å². The van der Waals surface area contributed by atoms with E-state index in [2.05, 4.69) is 4.99 Å². The summed E-state index contributed by atoms with van der Waals surface area (Å²) in [4.78, 5) is 26.1. The third-order valence-electron chi connectivity index (χ3n) is 2.65. The number of hydrogen-bond donors (Lipinski definition) is 2. The Kier molecular flexibility index (Phi) is 4.35. The molecule has 0 bridgehead atoms. The van der Waals surface area contributed by atoms with Crippen molar-refractivity contribution in [2.24, 2.45) is 4.99 Å². The lowest BCUT2D eigenvalue weighted by molar-refractivity contribution is 0.0696. The van der Waals surface area contributed by atoms with Crippen LogP contribution < -0.4 is 0 Å². The molecular formula is C15H10ClNO4. The van der Waals surface area contributed by atoms with Crippen molar-refractivity contribution in [3.63, 3.8) is 0 Å². The van der Waals surface area contributed by atoms with Gasteiger partial charge in [-0.25, -0.2) is 9.59 Å². The first kappa shape index (κ1) is 14.7. The van der Waals surface area contributed by atoms with E-state index in [4.69, 9.17) is 21.8 Å². The molecule has 0 atom stereocenters. The second kappa shape index (κ2) is 6.19. The van der Waals surface area contributed by atoms with Crippen LogP contribution in [0, 0.1) is 0 Å². The predicted octanol–water partition coefficient (Wildman–Crippen LogP) is 3.49.